The van der Waals surface area contributed by atoms with E-state index in [4.69, 9.17) is 0 Å². The monoisotopic (exact) mass is 332 g/mol. The number of amides is 1. The molecular weight excluding hydrogens is 316 g/mol. The van der Waals surface area contributed by atoms with Gasteiger partial charge in [-0.05, 0) is 17.7 Å². The van der Waals surface area contributed by atoms with E-state index in [-0.39, 0.29) is 18.0 Å². The van der Waals surface area contributed by atoms with Crippen molar-refractivity contribution in [2.45, 2.75) is 13.0 Å². The third-order valence-electron chi connectivity index (χ3n) is 4.23. The summed E-state index contributed by atoms with van der Waals surface area (Å²) >= 11 is 0. The maximum Gasteiger partial charge on any atom is 0.262 e. The second-order valence-electron chi connectivity index (χ2n) is 5.87. The minimum absolute atomic E-state index is 0.0672. The molecular formula is C19H16N4O2. The minimum Gasteiger partial charge on any atom is -0.289 e. The van der Waals surface area contributed by atoms with Gasteiger partial charge in [0.15, 0.2) is 0 Å². The zero-order chi connectivity index (χ0) is 17.2. The Bertz CT molecular complexity index is 1020. The van der Waals surface area contributed by atoms with Gasteiger partial charge in [-0.1, -0.05) is 42.5 Å². The van der Waals surface area contributed by atoms with Crippen LogP contribution in [0.25, 0.3) is 10.9 Å². The summed E-state index contributed by atoms with van der Waals surface area (Å²) in [5, 5.41) is 6.35. The first-order valence-electron chi connectivity index (χ1n) is 8.10. The summed E-state index contributed by atoms with van der Waals surface area (Å²) in [4.78, 5) is 29.2. The van der Waals surface area contributed by atoms with Gasteiger partial charge in [-0.3, -0.25) is 14.2 Å². The predicted molar refractivity (Wildman–Crippen MR) is 95.3 cm³/mol. The Labute approximate surface area is 144 Å². The summed E-state index contributed by atoms with van der Waals surface area (Å²) in [6, 6.07) is 16.9. The lowest BCUT2D eigenvalue weighted by Gasteiger charge is -2.12. The molecule has 1 amide bonds. The van der Waals surface area contributed by atoms with Gasteiger partial charge in [-0.15, -0.1) is 0 Å². The first-order chi connectivity index (χ1) is 12.2. The highest BCUT2D eigenvalue weighted by Crippen LogP contribution is 2.14. The minimum atomic E-state index is -0.217. The molecule has 0 bridgehead atoms. The maximum atomic E-state index is 12.5. The summed E-state index contributed by atoms with van der Waals surface area (Å²) in [6.07, 6.45) is 2.13. The molecule has 0 N–H and O–H groups in total. The highest BCUT2D eigenvalue weighted by atomic mass is 16.2. The second kappa shape index (κ2) is 6.32. The number of carbonyl (C=O) groups is 1. The molecule has 25 heavy (non-hydrogen) atoms. The Morgan fingerprint density at radius 3 is 2.64 bits per heavy atom. The van der Waals surface area contributed by atoms with Crippen LogP contribution in [-0.2, 0) is 11.3 Å². The molecule has 1 aliphatic heterocycles. The molecule has 3 aromatic rings. The Kier molecular flexibility index (Phi) is 3.85. The van der Waals surface area contributed by atoms with Crippen molar-refractivity contribution in [2.24, 2.45) is 5.10 Å². The van der Waals surface area contributed by atoms with Crippen molar-refractivity contribution in [3.63, 3.8) is 0 Å². The van der Waals surface area contributed by atoms with Crippen LogP contribution in [0.3, 0.4) is 0 Å². The van der Waals surface area contributed by atoms with Gasteiger partial charge in [0.25, 0.3) is 11.5 Å². The van der Waals surface area contributed by atoms with Gasteiger partial charge in [0.2, 0.25) is 0 Å². The third kappa shape index (κ3) is 2.94. The molecule has 6 heteroatoms. The van der Waals surface area contributed by atoms with E-state index in [1.807, 2.05) is 36.4 Å². The van der Waals surface area contributed by atoms with Gasteiger partial charge < -0.3 is 0 Å². The van der Waals surface area contributed by atoms with Crippen LogP contribution >= 0.6 is 0 Å². The first kappa shape index (κ1) is 15.3. The van der Waals surface area contributed by atoms with Crippen molar-refractivity contribution in [1.82, 2.24) is 14.6 Å². The quantitative estimate of drug-likeness (QED) is 0.737. The zero-order valence-electron chi connectivity index (χ0n) is 13.5. The molecule has 1 aromatic heterocycles. The van der Waals surface area contributed by atoms with E-state index in [0.29, 0.717) is 23.9 Å². The molecule has 124 valence electrons. The lowest BCUT2D eigenvalue weighted by Crippen LogP contribution is -2.32. The number of hydrazone groups is 1. The summed E-state index contributed by atoms with van der Waals surface area (Å²) in [5.74, 6) is -0.217. The Hall–Kier alpha value is -3.28. The van der Waals surface area contributed by atoms with E-state index in [1.165, 1.54) is 15.9 Å². The second-order valence-corrected chi connectivity index (χ2v) is 5.87. The van der Waals surface area contributed by atoms with Crippen LogP contribution in [0, 0.1) is 0 Å². The van der Waals surface area contributed by atoms with Crippen molar-refractivity contribution >= 4 is 22.5 Å². The number of rotatable bonds is 3. The topological polar surface area (TPSA) is 67.6 Å². The SMILES string of the molecule is O=C(Cn1cnc2ccccc2c1=O)N1CCC(c2ccccc2)=N1. The van der Waals surface area contributed by atoms with Crippen LogP contribution in [-0.4, -0.2) is 32.7 Å². The highest BCUT2D eigenvalue weighted by molar-refractivity contribution is 6.02. The van der Waals surface area contributed by atoms with E-state index in [1.54, 1.807) is 18.2 Å². The number of carbonyl (C=O) groups excluding carboxylic acids is 1. The van der Waals surface area contributed by atoms with Crippen LogP contribution in [0.4, 0.5) is 0 Å². The average Bonchev–Trinajstić information content (AvgIpc) is 3.15. The molecule has 0 atom stereocenters. The van der Waals surface area contributed by atoms with Gasteiger partial charge in [-0.25, -0.2) is 9.99 Å². The molecule has 4 rings (SSSR count). The first-order valence-corrected chi connectivity index (χ1v) is 8.10. The standard InChI is InChI=1S/C19H16N4O2/c24-18(23-11-10-16(21-23)14-6-2-1-3-7-14)12-22-13-20-17-9-5-4-8-15(17)19(22)25/h1-9,13H,10-12H2. The van der Waals surface area contributed by atoms with Crippen molar-refractivity contribution in [1.29, 1.82) is 0 Å². The van der Waals surface area contributed by atoms with Gasteiger partial charge in [0, 0.05) is 6.42 Å². The smallest absolute Gasteiger partial charge is 0.262 e. The maximum absolute atomic E-state index is 12.5. The zero-order valence-corrected chi connectivity index (χ0v) is 13.5. The van der Waals surface area contributed by atoms with E-state index in [0.717, 1.165) is 11.3 Å². The fourth-order valence-corrected chi connectivity index (χ4v) is 2.92. The van der Waals surface area contributed by atoms with Crippen LogP contribution in [0.1, 0.15) is 12.0 Å². The molecule has 0 spiro atoms. The Morgan fingerprint density at radius 1 is 1.04 bits per heavy atom. The van der Waals surface area contributed by atoms with Crippen LogP contribution in [0.15, 0.2) is 70.8 Å². The van der Waals surface area contributed by atoms with Gasteiger partial charge >= 0.3 is 0 Å². The fraction of sp³-hybridized carbons (Fsp3) is 0.158. The molecule has 0 fully saturated rings. The van der Waals surface area contributed by atoms with Crippen molar-refractivity contribution < 1.29 is 4.79 Å². The Morgan fingerprint density at radius 2 is 1.80 bits per heavy atom. The van der Waals surface area contributed by atoms with Crippen molar-refractivity contribution in [3.8, 4) is 0 Å². The molecule has 2 aromatic carbocycles. The van der Waals surface area contributed by atoms with Crippen LogP contribution < -0.4 is 5.56 Å². The van der Waals surface area contributed by atoms with Crippen LogP contribution in [0.5, 0.6) is 0 Å². The number of fused-ring (bicyclic) bond motifs is 1. The molecule has 0 saturated carbocycles. The summed E-state index contributed by atoms with van der Waals surface area (Å²) < 4.78 is 1.33. The van der Waals surface area contributed by atoms with Crippen molar-refractivity contribution in [2.75, 3.05) is 6.54 Å². The number of nitrogens with zero attached hydrogens (tertiary/aromatic N) is 4. The number of para-hydroxylation sites is 1. The summed E-state index contributed by atoms with van der Waals surface area (Å²) in [7, 11) is 0. The molecule has 0 aliphatic carbocycles. The van der Waals surface area contributed by atoms with E-state index in [9.17, 15) is 9.59 Å². The molecule has 0 saturated heterocycles. The normalized spacial score (nSPS) is 13.9. The largest absolute Gasteiger partial charge is 0.289 e. The number of hydrogen-bond donors (Lipinski definition) is 0. The van der Waals surface area contributed by atoms with E-state index >= 15 is 0 Å². The lowest BCUT2D eigenvalue weighted by molar-refractivity contribution is -0.131. The van der Waals surface area contributed by atoms with Gasteiger partial charge in [-0.2, -0.15) is 5.10 Å². The van der Waals surface area contributed by atoms with Gasteiger partial charge in [0.05, 0.1) is 29.5 Å². The molecule has 2 heterocycles. The summed E-state index contributed by atoms with van der Waals surface area (Å²) in [5.41, 5.74) is 2.31. The number of benzene rings is 2. The number of hydrogen-bond acceptors (Lipinski definition) is 4. The average molecular weight is 332 g/mol. The fourth-order valence-electron chi connectivity index (χ4n) is 2.92. The van der Waals surface area contributed by atoms with E-state index < -0.39 is 0 Å². The lowest BCUT2D eigenvalue weighted by atomic mass is 10.1. The predicted octanol–water partition coefficient (Wildman–Crippen LogP) is 2.03. The van der Waals surface area contributed by atoms with Gasteiger partial charge in [0.1, 0.15) is 6.54 Å². The number of aromatic nitrogens is 2. The molecule has 0 unspecified atom stereocenters. The van der Waals surface area contributed by atoms with Crippen molar-refractivity contribution in [3.05, 3.63) is 76.8 Å². The van der Waals surface area contributed by atoms with Crippen LogP contribution in [0.2, 0.25) is 0 Å². The summed E-state index contributed by atoms with van der Waals surface area (Å²) in [6.45, 7) is 0.459. The highest BCUT2D eigenvalue weighted by Gasteiger charge is 2.22. The molecule has 0 radical (unpaired) electrons. The van der Waals surface area contributed by atoms with E-state index in [2.05, 4.69) is 10.1 Å². The Balaban J connectivity index is 1.56. The third-order valence-corrected chi connectivity index (χ3v) is 4.23. The molecule has 1 aliphatic rings. The molecule has 6 nitrogen and oxygen atoms in total.